The number of ether oxygens (including phenoxy) is 1. The maximum Gasteiger partial charge on any atom is 0.339 e. The van der Waals surface area contributed by atoms with Crippen molar-refractivity contribution in [3.05, 3.63) is 31.6 Å². The average molecular weight is 373 g/mol. The maximum atomic E-state index is 13.2. The minimum Gasteiger partial charge on any atom is -0.462 e. The van der Waals surface area contributed by atoms with E-state index in [1.165, 1.54) is 6.07 Å². The van der Waals surface area contributed by atoms with Crippen molar-refractivity contribution in [3.8, 4) is 0 Å². The molecule has 1 aromatic carbocycles. The van der Waals surface area contributed by atoms with Crippen molar-refractivity contribution < 1.29 is 13.9 Å². The second kappa shape index (κ2) is 5.06. The van der Waals surface area contributed by atoms with Crippen LogP contribution in [-0.2, 0) is 4.74 Å². The van der Waals surface area contributed by atoms with Gasteiger partial charge in [0.1, 0.15) is 5.82 Å². The Balaban J connectivity index is 3.13. The molecule has 0 radical (unpaired) electrons. The molecule has 5 heteroatoms. The van der Waals surface area contributed by atoms with Gasteiger partial charge in [-0.2, -0.15) is 0 Å². The average Bonchev–Trinajstić information content (AvgIpc) is 2.11. The first-order chi connectivity index (χ1) is 6.56. The van der Waals surface area contributed by atoms with Crippen molar-refractivity contribution in [3.63, 3.8) is 0 Å². The molecule has 0 bridgehead atoms. The van der Waals surface area contributed by atoms with E-state index in [2.05, 4.69) is 15.9 Å². The van der Waals surface area contributed by atoms with Crippen LogP contribution >= 0.6 is 38.5 Å². The second-order valence-electron chi connectivity index (χ2n) is 2.47. The maximum absolute atomic E-state index is 13.2. The summed E-state index contributed by atoms with van der Waals surface area (Å²) >= 11 is 4.95. The smallest absolute Gasteiger partial charge is 0.339 e. The van der Waals surface area contributed by atoms with Crippen LogP contribution in [0.4, 0.5) is 4.39 Å². The third kappa shape index (κ3) is 2.66. The monoisotopic (exact) mass is 372 g/mol. The lowest BCUT2D eigenvalue weighted by molar-refractivity contribution is 0.0524. The molecule has 0 heterocycles. The van der Waals surface area contributed by atoms with Crippen LogP contribution in [0.25, 0.3) is 0 Å². The summed E-state index contributed by atoms with van der Waals surface area (Å²) in [6.07, 6.45) is 0. The zero-order chi connectivity index (χ0) is 10.7. The fourth-order valence-corrected chi connectivity index (χ4v) is 1.89. The first-order valence-corrected chi connectivity index (χ1v) is 5.75. The standard InChI is InChI=1S/C9H7BrFIO2/c1-2-14-9(13)6-3-5(12)4-7(11)8(6)10/h3-4H,2H2,1H3. The molecule has 0 saturated heterocycles. The van der Waals surface area contributed by atoms with Crippen molar-refractivity contribution in [2.24, 2.45) is 0 Å². The van der Waals surface area contributed by atoms with E-state index in [0.29, 0.717) is 3.57 Å². The molecule has 0 spiro atoms. The fourth-order valence-electron chi connectivity index (χ4n) is 0.913. The lowest BCUT2D eigenvalue weighted by Gasteiger charge is -2.05. The molecule has 0 aliphatic rings. The molecular weight excluding hydrogens is 366 g/mol. The van der Waals surface area contributed by atoms with Crippen molar-refractivity contribution in [1.82, 2.24) is 0 Å². The normalized spacial score (nSPS) is 10.0. The highest BCUT2D eigenvalue weighted by Crippen LogP contribution is 2.24. The van der Waals surface area contributed by atoms with Crippen LogP contribution in [0, 0.1) is 9.39 Å². The molecule has 0 aliphatic heterocycles. The summed E-state index contributed by atoms with van der Waals surface area (Å²) in [7, 11) is 0. The van der Waals surface area contributed by atoms with E-state index in [1.807, 2.05) is 22.6 Å². The number of rotatable bonds is 2. The van der Waals surface area contributed by atoms with Gasteiger partial charge >= 0.3 is 5.97 Å². The number of halogens is 3. The van der Waals surface area contributed by atoms with Crippen molar-refractivity contribution in [2.75, 3.05) is 6.61 Å². The molecular formula is C9H7BrFIO2. The highest BCUT2D eigenvalue weighted by Gasteiger charge is 2.15. The van der Waals surface area contributed by atoms with Crippen LogP contribution in [-0.4, -0.2) is 12.6 Å². The predicted molar refractivity (Wildman–Crippen MR) is 62.8 cm³/mol. The number of hydrogen-bond donors (Lipinski definition) is 0. The number of hydrogen-bond acceptors (Lipinski definition) is 2. The van der Waals surface area contributed by atoms with Gasteiger partial charge in [-0.25, -0.2) is 9.18 Å². The molecule has 0 unspecified atom stereocenters. The van der Waals surface area contributed by atoms with Gasteiger partial charge in [-0.05, 0) is 57.6 Å². The van der Waals surface area contributed by atoms with E-state index in [9.17, 15) is 9.18 Å². The van der Waals surface area contributed by atoms with E-state index in [1.54, 1.807) is 13.0 Å². The van der Waals surface area contributed by atoms with Gasteiger partial charge < -0.3 is 4.74 Å². The molecule has 1 rings (SSSR count). The van der Waals surface area contributed by atoms with Gasteiger partial charge in [0.15, 0.2) is 0 Å². The highest BCUT2D eigenvalue weighted by molar-refractivity contribution is 14.1. The molecule has 0 N–H and O–H groups in total. The first-order valence-electron chi connectivity index (χ1n) is 3.88. The van der Waals surface area contributed by atoms with Gasteiger partial charge in [0.05, 0.1) is 16.6 Å². The quantitative estimate of drug-likeness (QED) is 0.452. The van der Waals surface area contributed by atoms with Crippen LogP contribution in [0.1, 0.15) is 17.3 Å². The Kier molecular flexibility index (Phi) is 4.31. The van der Waals surface area contributed by atoms with Gasteiger partial charge in [-0.3, -0.25) is 0 Å². The summed E-state index contributed by atoms with van der Waals surface area (Å²) in [5.74, 6) is -0.975. The minimum absolute atomic E-state index is 0.149. The number of carbonyl (C=O) groups is 1. The topological polar surface area (TPSA) is 26.3 Å². The molecule has 1 aromatic rings. The number of carbonyl (C=O) groups excluding carboxylic acids is 1. The largest absolute Gasteiger partial charge is 0.462 e. The van der Waals surface area contributed by atoms with Crippen molar-refractivity contribution >= 4 is 44.5 Å². The number of esters is 1. The fraction of sp³-hybridized carbons (Fsp3) is 0.222. The SMILES string of the molecule is CCOC(=O)c1cc(I)cc(F)c1Br. The Morgan fingerprint density at radius 2 is 2.29 bits per heavy atom. The first kappa shape index (κ1) is 11.9. The van der Waals surface area contributed by atoms with Gasteiger partial charge in [0.2, 0.25) is 0 Å². The molecule has 2 nitrogen and oxygen atoms in total. The summed E-state index contributed by atoms with van der Waals surface area (Å²) in [5.41, 5.74) is 0.219. The van der Waals surface area contributed by atoms with Gasteiger partial charge in [0.25, 0.3) is 0 Å². The van der Waals surface area contributed by atoms with E-state index in [0.717, 1.165) is 0 Å². The van der Waals surface area contributed by atoms with E-state index >= 15 is 0 Å². The molecule has 76 valence electrons. The summed E-state index contributed by atoms with van der Waals surface area (Å²) in [6.45, 7) is 1.98. The Bertz CT molecular complexity index is 368. The minimum atomic E-state index is -0.517. The molecule has 0 saturated carbocycles. The Hall–Kier alpha value is -0.170. The highest BCUT2D eigenvalue weighted by atomic mass is 127. The summed E-state index contributed by atoms with van der Waals surface area (Å²) in [5, 5.41) is 0. The van der Waals surface area contributed by atoms with Gasteiger partial charge in [0, 0.05) is 3.57 Å². The lowest BCUT2D eigenvalue weighted by atomic mass is 10.2. The molecule has 0 fully saturated rings. The van der Waals surface area contributed by atoms with Crippen LogP contribution in [0.15, 0.2) is 16.6 Å². The second-order valence-corrected chi connectivity index (χ2v) is 4.51. The van der Waals surface area contributed by atoms with E-state index in [-0.39, 0.29) is 16.6 Å². The summed E-state index contributed by atoms with van der Waals surface area (Å²) in [4.78, 5) is 11.3. The molecule has 0 aliphatic carbocycles. The third-order valence-corrected chi connectivity index (χ3v) is 2.92. The van der Waals surface area contributed by atoms with Crippen LogP contribution < -0.4 is 0 Å². The summed E-state index contributed by atoms with van der Waals surface area (Å²) < 4.78 is 18.8. The van der Waals surface area contributed by atoms with Crippen molar-refractivity contribution in [2.45, 2.75) is 6.92 Å². The zero-order valence-corrected chi connectivity index (χ0v) is 11.1. The van der Waals surface area contributed by atoms with Gasteiger partial charge in [-0.1, -0.05) is 0 Å². The Labute approximate surface area is 103 Å². The van der Waals surface area contributed by atoms with E-state index in [4.69, 9.17) is 4.74 Å². The van der Waals surface area contributed by atoms with Crippen LogP contribution in [0.2, 0.25) is 0 Å². The Morgan fingerprint density at radius 1 is 1.64 bits per heavy atom. The van der Waals surface area contributed by atoms with Crippen LogP contribution in [0.3, 0.4) is 0 Å². The number of benzene rings is 1. The molecule has 14 heavy (non-hydrogen) atoms. The predicted octanol–water partition coefficient (Wildman–Crippen LogP) is 3.37. The van der Waals surface area contributed by atoms with Crippen LogP contribution in [0.5, 0.6) is 0 Å². The zero-order valence-electron chi connectivity index (χ0n) is 7.31. The van der Waals surface area contributed by atoms with Gasteiger partial charge in [-0.15, -0.1) is 0 Å². The lowest BCUT2D eigenvalue weighted by Crippen LogP contribution is -2.06. The third-order valence-electron chi connectivity index (χ3n) is 1.49. The van der Waals surface area contributed by atoms with E-state index < -0.39 is 11.8 Å². The molecule has 0 aromatic heterocycles. The van der Waals surface area contributed by atoms with Crippen molar-refractivity contribution in [1.29, 1.82) is 0 Å². The Morgan fingerprint density at radius 3 is 2.86 bits per heavy atom. The molecule has 0 atom stereocenters. The molecule has 0 amide bonds. The summed E-state index contributed by atoms with van der Waals surface area (Å²) in [6, 6.07) is 2.92.